The summed E-state index contributed by atoms with van der Waals surface area (Å²) in [6.07, 6.45) is 1.51. The Morgan fingerprint density at radius 1 is 1.34 bits per heavy atom. The Morgan fingerprint density at radius 3 is 2.83 bits per heavy atom. The van der Waals surface area contributed by atoms with Crippen LogP contribution in [0.1, 0.15) is 32.3 Å². The van der Waals surface area contributed by atoms with E-state index in [1.165, 1.54) is 0 Å². The quantitative estimate of drug-likeness (QED) is 0.299. The second kappa shape index (κ2) is 13.6. The molecule has 2 N–H and O–H groups in total. The lowest BCUT2D eigenvalue weighted by Crippen LogP contribution is -2.45. The summed E-state index contributed by atoms with van der Waals surface area (Å²) < 4.78 is 5.81. The van der Waals surface area contributed by atoms with Gasteiger partial charge in [0.1, 0.15) is 12.4 Å². The van der Waals surface area contributed by atoms with Gasteiger partial charge in [-0.3, -0.25) is 4.79 Å². The van der Waals surface area contributed by atoms with Crippen molar-refractivity contribution in [3.63, 3.8) is 0 Å². The molecule has 7 nitrogen and oxygen atoms in total. The first-order valence-electron chi connectivity index (χ1n) is 10.2. The Hall–Kier alpha value is -1.55. The van der Waals surface area contributed by atoms with Crippen LogP contribution in [0.3, 0.4) is 0 Å². The normalized spacial score (nSPS) is 16.5. The van der Waals surface area contributed by atoms with Crippen molar-refractivity contribution in [3.05, 3.63) is 29.8 Å². The molecule has 29 heavy (non-hydrogen) atoms. The number of hydrogen-bond acceptors (Lipinski definition) is 4. The molecular formula is C21H36IN5O2. The number of likely N-dealkylation sites (N-methyl/N-ethyl adjacent to an activating group) is 1. The fraction of sp³-hybridized carbons (Fsp3) is 0.619. The number of guanidine groups is 1. The van der Waals surface area contributed by atoms with Crippen molar-refractivity contribution in [1.29, 1.82) is 0 Å². The van der Waals surface area contributed by atoms with Gasteiger partial charge in [-0.25, -0.2) is 4.99 Å². The van der Waals surface area contributed by atoms with Gasteiger partial charge in [-0.2, -0.15) is 0 Å². The summed E-state index contributed by atoms with van der Waals surface area (Å²) in [7, 11) is 4.07. The molecule has 1 aliphatic rings. The third kappa shape index (κ3) is 9.20. The molecule has 1 unspecified atom stereocenters. The van der Waals surface area contributed by atoms with Crippen molar-refractivity contribution in [2.45, 2.75) is 39.3 Å². The molecule has 0 aromatic heterocycles. The number of rotatable bonds is 9. The van der Waals surface area contributed by atoms with Crippen LogP contribution in [-0.2, 0) is 11.3 Å². The van der Waals surface area contributed by atoms with Crippen molar-refractivity contribution < 1.29 is 9.53 Å². The van der Waals surface area contributed by atoms with E-state index in [-0.39, 0.29) is 35.9 Å². The highest BCUT2D eigenvalue weighted by molar-refractivity contribution is 14.0. The fourth-order valence-electron chi connectivity index (χ4n) is 3.09. The van der Waals surface area contributed by atoms with Crippen LogP contribution in [-0.4, -0.2) is 74.6 Å². The summed E-state index contributed by atoms with van der Waals surface area (Å²) in [5, 5.41) is 6.76. The zero-order valence-electron chi connectivity index (χ0n) is 18.1. The number of nitrogens with one attached hydrogen (secondary N) is 2. The maximum atomic E-state index is 11.9. The van der Waals surface area contributed by atoms with E-state index >= 15 is 0 Å². The summed E-state index contributed by atoms with van der Waals surface area (Å²) in [5.74, 6) is 1.88. The number of halogens is 1. The summed E-state index contributed by atoms with van der Waals surface area (Å²) >= 11 is 0. The zero-order chi connectivity index (χ0) is 20.4. The van der Waals surface area contributed by atoms with E-state index in [9.17, 15) is 4.79 Å². The topological polar surface area (TPSA) is 69.2 Å². The zero-order valence-corrected chi connectivity index (χ0v) is 20.4. The average Bonchev–Trinajstić information content (AvgIpc) is 3.14. The first-order valence-corrected chi connectivity index (χ1v) is 10.2. The summed E-state index contributed by atoms with van der Waals surface area (Å²) in [6.45, 7) is 8.44. The highest BCUT2D eigenvalue weighted by Gasteiger charge is 2.25. The van der Waals surface area contributed by atoms with Gasteiger partial charge in [-0.1, -0.05) is 19.1 Å². The van der Waals surface area contributed by atoms with E-state index in [1.54, 1.807) is 0 Å². The maximum absolute atomic E-state index is 11.9. The molecule has 1 amide bonds. The minimum absolute atomic E-state index is 0. The molecule has 164 valence electrons. The summed E-state index contributed by atoms with van der Waals surface area (Å²) in [5.41, 5.74) is 1.11. The van der Waals surface area contributed by atoms with Crippen molar-refractivity contribution >= 4 is 35.8 Å². The van der Waals surface area contributed by atoms with Crippen LogP contribution >= 0.6 is 24.0 Å². The number of benzene rings is 1. The van der Waals surface area contributed by atoms with Crippen molar-refractivity contribution in [1.82, 2.24) is 20.4 Å². The molecule has 1 atom stereocenters. The van der Waals surface area contributed by atoms with E-state index in [1.807, 2.05) is 44.1 Å². The largest absolute Gasteiger partial charge is 0.492 e. The van der Waals surface area contributed by atoms with Crippen LogP contribution in [0.5, 0.6) is 5.75 Å². The molecule has 0 saturated carbocycles. The Kier molecular flexibility index (Phi) is 12.0. The van der Waals surface area contributed by atoms with Crippen LogP contribution < -0.4 is 15.4 Å². The van der Waals surface area contributed by atoms with Gasteiger partial charge in [-0.15, -0.1) is 24.0 Å². The van der Waals surface area contributed by atoms with Gasteiger partial charge >= 0.3 is 0 Å². The number of carbonyl (C=O) groups is 1. The van der Waals surface area contributed by atoms with Crippen LogP contribution in [0.15, 0.2) is 29.3 Å². The van der Waals surface area contributed by atoms with Crippen molar-refractivity contribution in [2.75, 3.05) is 46.9 Å². The van der Waals surface area contributed by atoms with Gasteiger partial charge in [0.2, 0.25) is 5.91 Å². The predicted octanol–water partition coefficient (Wildman–Crippen LogP) is 2.31. The van der Waals surface area contributed by atoms with Gasteiger partial charge in [-0.05, 0) is 45.1 Å². The number of carbonyl (C=O) groups excluding carboxylic acids is 1. The Morgan fingerprint density at radius 2 is 2.14 bits per heavy atom. The summed E-state index contributed by atoms with van der Waals surface area (Å²) in [6, 6.07) is 8.32. The lowest BCUT2D eigenvalue weighted by Gasteiger charge is -2.18. The second-order valence-electron chi connectivity index (χ2n) is 7.32. The minimum Gasteiger partial charge on any atom is -0.492 e. The van der Waals surface area contributed by atoms with Crippen LogP contribution in [0.2, 0.25) is 0 Å². The number of amides is 1. The van der Waals surface area contributed by atoms with Gasteiger partial charge in [0.05, 0.1) is 6.54 Å². The van der Waals surface area contributed by atoms with E-state index in [0.29, 0.717) is 19.6 Å². The predicted molar refractivity (Wildman–Crippen MR) is 129 cm³/mol. The van der Waals surface area contributed by atoms with E-state index in [0.717, 1.165) is 49.9 Å². The molecule has 0 aliphatic carbocycles. The molecular weight excluding hydrogens is 481 g/mol. The highest BCUT2D eigenvalue weighted by Crippen LogP contribution is 2.14. The molecule has 1 aromatic rings. The Balaban J connectivity index is 0.00000420. The minimum atomic E-state index is 0. The third-order valence-electron chi connectivity index (χ3n) is 4.65. The lowest BCUT2D eigenvalue weighted by molar-refractivity contribution is -0.129. The van der Waals surface area contributed by atoms with Gasteiger partial charge < -0.3 is 25.2 Å². The monoisotopic (exact) mass is 517 g/mol. The van der Waals surface area contributed by atoms with Gasteiger partial charge in [0.15, 0.2) is 5.96 Å². The molecule has 0 bridgehead atoms. The lowest BCUT2D eigenvalue weighted by atomic mass is 10.2. The van der Waals surface area contributed by atoms with Gasteiger partial charge in [0.25, 0.3) is 0 Å². The first-order chi connectivity index (χ1) is 13.5. The smallest absolute Gasteiger partial charge is 0.222 e. The molecule has 1 fully saturated rings. The molecule has 1 aliphatic heterocycles. The fourth-order valence-corrected chi connectivity index (χ4v) is 3.09. The van der Waals surface area contributed by atoms with E-state index in [4.69, 9.17) is 9.73 Å². The molecule has 8 heteroatoms. The van der Waals surface area contributed by atoms with E-state index < -0.39 is 0 Å². The van der Waals surface area contributed by atoms with Crippen molar-refractivity contribution in [3.8, 4) is 5.75 Å². The van der Waals surface area contributed by atoms with E-state index in [2.05, 4.69) is 28.5 Å². The average molecular weight is 517 g/mol. The third-order valence-corrected chi connectivity index (χ3v) is 4.65. The molecule has 0 spiro atoms. The van der Waals surface area contributed by atoms with Crippen LogP contribution in [0.4, 0.5) is 0 Å². The SMILES string of the molecule is CCNC(=NCc1cccc(OCCN(C)C)c1)NC1CCN(C(=O)CC)C1.I. The van der Waals surface area contributed by atoms with Crippen LogP contribution in [0.25, 0.3) is 0 Å². The number of nitrogens with zero attached hydrogens (tertiary/aromatic N) is 3. The molecule has 2 rings (SSSR count). The molecule has 1 heterocycles. The standard InChI is InChI=1S/C21H35N5O2.HI/c1-5-20(27)26-11-10-18(16-26)24-21(22-6-2)23-15-17-8-7-9-19(14-17)28-13-12-25(3)4;/h7-9,14,18H,5-6,10-13,15-16H2,1-4H3,(H2,22,23,24);1H. The number of ether oxygens (including phenoxy) is 1. The molecule has 1 aromatic carbocycles. The van der Waals surface area contributed by atoms with Crippen LogP contribution in [0, 0.1) is 0 Å². The molecule has 1 saturated heterocycles. The number of likely N-dealkylation sites (tertiary alicyclic amines) is 1. The maximum Gasteiger partial charge on any atom is 0.222 e. The Labute approximate surface area is 192 Å². The summed E-state index contributed by atoms with van der Waals surface area (Å²) in [4.78, 5) is 20.6. The van der Waals surface area contributed by atoms with Crippen molar-refractivity contribution in [2.24, 2.45) is 4.99 Å². The first kappa shape index (κ1) is 25.5. The molecule has 0 radical (unpaired) electrons. The second-order valence-corrected chi connectivity index (χ2v) is 7.32. The number of aliphatic imine (C=N–C) groups is 1. The van der Waals surface area contributed by atoms with Gasteiger partial charge in [0, 0.05) is 38.6 Å². The highest BCUT2D eigenvalue weighted by atomic mass is 127. The number of hydrogen-bond donors (Lipinski definition) is 2. The Bertz CT molecular complexity index is 654.